The molecule has 0 aliphatic carbocycles. The number of hydrogen-bond acceptors (Lipinski definition) is 5. The Morgan fingerprint density at radius 1 is 1.05 bits per heavy atom. The number of carbonyl (C=O) groups is 3. The second-order valence-electron chi connectivity index (χ2n) is 4.36. The molecule has 22 heavy (non-hydrogen) atoms. The number of carboxylic acid groups (broad SMARTS) is 1. The monoisotopic (exact) mass is 422 g/mol. The first-order chi connectivity index (χ1) is 10.3. The zero-order chi connectivity index (χ0) is 17.0. The Hall–Kier alpha value is -1.64. The zero-order valence-electron chi connectivity index (χ0n) is 12.5. The third kappa shape index (κ3) is 13.3. The molecule has 0 heterocycles. The molecule has 1 N–H and O–H groups in total. The van der Waals surface area contributed by atoms with E-state index >= 15 is 0 Å². The van der Waals surface area contributed by atoms with Crippen LogP contribution in [0.5, 0.6) is 0 Å². The predicted octanol–water partition coefficient (Wildman–Crippen LogP) is 2.49. The maximum Gasteiger partial charge on any atom is 0.303 e. The summed E-state index contributed by atoms with van der Waals surface area (Å²) >= 11 is 2.28. The molecule has 0 bridgehead atoms. The van der Waals surface area contributed by atoms with Gasteiger partial charge >= 0.3 is 17.9 Å². The first kappa shape index (κ1) is 20.4. The maximum absolute atomic E-state index is 10.5. The van der Waals surface area contributed by atoms with Crippen molar-refractivity contribution in [1.29, 1.82) is 0 Å². The summed E-state index contributed by atoms with van der Waals surface area (Å²) in [6, 6.07) is 10.2. The molecule has 0 aromatic heterocycles. The number of halogens is 1. The van der Waals surface area contributed by atoms with Gasteiger partial charge in [-0.05, 0) is 34.7 Å². The van der Waals surface area contributed by atoms with Gasteiger partial charge in [-0.1, -0.05) is 18.2 Å². The Labute approximate surface area is 142 Å². The van der Waals surface area contributed by atoms with E-state index in [1.54, 1.807) is 0 Å². The lowest BCUT2D eigenvalue weighted by Crippen LogP contribution is -2.22. The number of hydrogen-bond donors (Lipinski definition) is 1. The van der Waals surface area contributed by atoms with Crippen LogP contribution in [-0.2, 0) is 23.9 Å². The summed E-state index contributed by atoms with van der Waals surface area (Å²) < 4.78 is 10.6. The fourth-order valence-electron chi connectivity index (χ4n) is 1.30. The molecule has 0 fully saturated rings. The molecule has 0 spiro atoms. The number of carboxylic acids is 1. The van der Waals surface area contributed by atoms with Crippen LogP contribution in [0.4, 0.5) is 0 Å². The van der Waals surface area contributed by atoms with Crippen molar-refractivity contribution < 1.29 is 29.0 Å². The number of aliphatic carboxylic acids is 1. The Morgan fingerprint density at radius 2 is 1.50 bits per heavy atom. The minimum Gasteiger partial charge on any atom is -0.481 e. The average molecular weight is 422 g/mol. The SMILES string of the molecule is CC(=O)OCC(COC(C)=O)CC(=O)O.Ic1ccccc1. The number of benzene rings is 1. The van der Waals surface area contributed by atoms with E-state index in [1.165, 1.54) is 17.4 Å². The summed E-state index contributed by atoms with van der Waals surface area (Å²) in [5.74, 6) is -2.52. The Bertz CT molecular complexity index is 456. The number of rotatable bonds is 6. The third-order valence-corrected chi connectivity index (χ3v) is 2.96. The molecule has 1 rings (SSSR count). The second kappa shape index (κ2) is 12.0. The van der Waals surface area contributed by atoms with Crippen LogP contribution in [0.25, 0.3) is 0 Å². The van der Waals surface area contributed by atoms with Gasteiger partial charge in [-0.3, -0.25) is 14.4 Å². The van der Waals surface area contributed by atoms with E-state index < -0.39 is 23.8 Å². The van der Waals surface area contributed by atoms with E-state index in [0.717, 1.165) is 0 Å². The van der Waals surface area contributed by atoms with Crippen molar-refractivity contribution in [2.24, 2.45) is 5.92 Å². The summed E-state index contributed by atoms with van der Waals surface area (Å²) in [6.07, 6.45) is -0.208. The van der Waals surface area contributed by atoms with E-state index in [4.69, 9.17) is 5.11 Å². The largest absolute Gasteiger partial charge is 0.481 e. The van der Waals surface area contributed by atoms with Crippen molar-refractivity contribution >= 4 is 40.5 Å². The first-order valence-electron chi connectivity index (χ1n) is 6.50. The molecule has 0 aliphatic heterocycles. The number of carbonyl (C=O) groups excluding carboxylic acids is 2. The van der Waals surface area contributed by atoms with Crippen molar-refractivity contribution in [3.05, 3.63) is 33.9 Å². The normalized spacial score (nSPS) is 9.45. The van der Waals surface area contributed by atoms with Crippen LogP contribution >= 0.6 is 22.6 Å². The first-order valence-corrected chi connectivity index (χ1v) is 7.58. The second-order valence-corrected chi connectivity index (χ2v) is 5.61. The molecule has 0 aliphatic rings. The summed E-state index contributed by atoms with van der Waals surface area (Å²) in [5, 5.41) is 8.53. The van der Waals surface area contributed by atoms with Crippen LogP contribution in [0, 0.1) is 9.49 Å². The van der Waals surface area contributed by atoms with Gasteiger partial charge in [0.05, 0.1) is 19.6 Å². The highest BCUT2D eigenvalue weighted by atomic mass is 127. The highest BCUT2D eigenvalue weighted by molar-refractivity contribution is 14.1. The van der Waals surface area contributed by atoms with Gasteiger partial charge < -0.3 is 14.6 Å². The molecule has 7 heteroatoms. The van der Waals surface area contributed by atoms with Crippen LogP contribution in [0.1, 0.15) is 20.3 Å². The van der Waals surface area contributed by atoms with Gasteiger partial charge in [-0.25, -0.2) is 0 Å². The minimum atomic E-state index is -1.03. The van der Waals surface area contributed by atoms with Crippen molar-refractivity contribution in [3.8, 4) is 0 Å². The molecule has 0 amide bonds. The van der Waals surface area contributed by atoms with E-state index in [-0.39, 0.29) is 19.6 Å². The lowest BCUT2D eigenvalue weighted by atomic mass is 10.1. The van der Waals surface area contributed by atoms with Gasteiger partial charge in [0, 0.05) is 23.3 Å². The minimum absolute atomic E-state index is 0.0606. The van der Waals surface area contributed by atoms with Gasteiger partial charge in [-0.15, -0.1) is 0 Å². The van der Waals surface area contributed by atoms with Crippen LogP contribution < -0.4 is 0 Å². The summed E-state index contributed by atoms with van der Waals surface area (Å²) in [6.45, 7) is 2.33. The molecule has 0 atom stereocenters. The van der Waals surface area contributed by atoms with Gasteiger partial charge in [0.2, 0.25) is 0 Å². The Kier molecular flexibility index (Phi) is 11.1. The fourth-order valence-corrected chi connectivity index (χ4v) is 1.71. The molecule has 6 nitrogen and oxygen atoms in total. The van der Waals surface area contributed by atoms with Crippen molar-refractivity contribution in [1.82, 2.24) is 0 Å². The van der Waals surface area contributed by atoms with E-state index in [2.05, 4.69) is 44.2 Å². The lowest BCUT2D eigenvalue weighted by molar-refractivity contribution is -0.150. The Balaban J connectivity index is 0.000000518. The Morgan fingerprint density at radius 3 is 1.77 bits per heavy atom. The average Bonchev–Trinajstić information content (AvgIpc) is 2.42. The van der Waals surface area contributed by atoms with Crippen molar-refractivity contribution in [2.45, 2.75) is 20.3 Å². The predicted molar refractivity (Wildman–Crippen MR) is 88.2 cm³/mol. The van der Waals surface area contributed by atoms with E-state index in [0.29, 0.717) is 0 Å². The zero-order valence-corrected chi connectivity index (χ0v) is 14.6. The van der Waals surface area contributed by atoms with Crippen LogP contribution in [-0.4, -0.2) is 36.2 Å². The summed E-state index contributed by atoms with van der Waals surface area (Å²) in [7, 11) is 0. The molecular formula is C15H19IO6. The van der Waals surface area contributed by atoms with Gasteiger partial charge in [0.1, 0.15) is 0 Å². The molecule has 1 aromatic rings. The van der Waals surface area contributed by atoms with Crippen molar-refractivity contribution in [3.63, 3.8) is 0 Å². The fraction of sp³-hybridized carbons (Fsp3) is 0.400. The highest BCUT2D eigenvalue weighted by Crippen LogP contribution is 2.05. The number of esters is 2. The van der Waals surface area contributed by atoms with Gasteiger partial charge in [-0.2, -0.15) is 0 Å². The highest BCUT2D eigenvalue weighted by Gasteiger charge is 2.16. The summed E-state index contributed by atoms with van der Waals surface area (Å²) in [4.78, 5) is 31.4. The standard InChI is InChI=1S/C9H14O6.C6H5I/c1-6(10)14-4-8(3-9(12)13)5-15-7(2)11;7-6-4-2-1-3-5-6/h8H,3-5H2,1-2H3,(H,12,13);1-5H. The van der Waals surface area contributed by atoms with Crippen LogP contribution in [0.3, 0.4) is 0 Å². The smallest absolute Gasteiger partial charge is 0.303 e. The molecule has 0 saturated heterocycles. The van der Waals surface area contributed by atoms with E-state index in [9.17, 15) is 14.4 Å². The summed E-state index contributed by atoms with van der Waals surface area (Å²) in [5.41, 5.74) is 0. The molecule has 0 unspecified atom stereocenters. The van der Waals surface area contributed by atoms with Gasteiger partial charge in [0.15, 0.2) is 0 Å². The topological polar surface area (TPSA) is 89.9 Å². The van der Waals surface area contributed by atoms with Crippen LogP contribution in [0.2, 0.25) is 0 Å². The van der Waals surface area contributed by atoms with Crippen molar-refractivity contribution in [2.75, 3.05) is 13.2 Å². The van der Waals surface area contributed by atoms with Crippen LogP contribution in [0.15, 0.2) is 30.3 Å². The molecule has 0 radical (unpaired) electrons. The molecule has 122 valence electrons. The lowest BCUT2D eigenvalue weighted by Gasteiger charge is -2.13. The molecule has 0 saturated carbocycles. The quantitative estimate of drug-likeness (QED) is 0.560. The maximum atomic E-state index is 10.5. The van der Waals surface area contributed by atoms with E-state index in [1.807, 2.05) is 18.2 Å². The third-order valence-electron chi connectivity index (χ3n) is 2.24. The molecule has 1 aromatic carbocycles. The molecular weight excluding hydrogens is 403 g/mol. The van der Waals surface area contributed by atoms with Gasteiger partial charge in [0.25, 0.3) is 0 Å². The number of ether oxygens (including phenoxy) is 2.